The van der Waals surface area contributed by atoms with Crippen LogP contribution in [-0.2, 0) is 4.79 Å². The first-order chi connectivity index (χ1) is 10.2. The van der Waals surface area contributed by atoms with Gasteiger partial charge in [0.05, 0.1) is 5.41 Å². The lowest BCUT2D eigenvalue weighted by molar-refractivity contribution is -0.129. The molecule has 1 aromatic carbocycles. The number of anilines is 1. The minimum absolute atomic E-state index is 0.190. The van der Waals surface area contributed by atoms with Gasteiger partial charge in [0.1, 0.15) is 0 Å². The third kappa shape index (κ3) is 4.21. The molecule has 0 radical (unpaired) electrons. The van der Waals surface area contributed by atoms with E-state index in [0.29, 0.717) is 0 Å². The summed E-state index contributed by atoms with van der Waals surface area (Å²) in [6.45, 7) is 8.65. The number of hydrogen-bond acceptors (Lipinski definition) is 3. The predicted molar refractivity (Wildman–Crippen MR) is 87.5 cm³/mol. The molecule has 1 amide bonds. The maximum absolute atomic E-state index is 12.2. The van der Waals surface area contributed by atoms with Gasteiger partial charge in [0.25, 0.3) is 0 Å². The minimum Gasteiger partial charge on any atom is -0.372 e. The second-order valence-electron chi connectivity index (χ2n) is 6.01. The van der Waals surface area contributed by atoms with Crippen molar-refractivity contribution < 1.29 is 4.79 Å². The van der Waals surface area contributed by atoms with Gasteiger partial charge in [-0.25, -0.2) is 0 Å². The first-order valence-corrected chi connectivity index (χ1v) is 7.95. The third-order valence-electron chi connectivity index (χ3n) is 4.31. The van der Waals surface area contributed by atoms with Gasteiger partial charge in [-0.1, -0.05) is 18.2 Å². The van der Waals surface area contributed by atoms with Crippen molar-refractivity contribution in [1.82, 2.24) is 10.6 Å². The van der Waals surface area contributed by atoms with Gasteiger partial charge in [-0.05, 0) is 45.4 Å². The van der Waals surface area contributed by atoms with Crippen LogP contribution in [0.4, 0.5) is 5.69 Å². The average Bonchev–Trinajstić information content (AvgIpc) is 2.96. The summed E-state index contributed by atoms with van der Waals surface area (Å²) in [6.07, 6.45) is 1.90. The zero-order valence-electron chi connectivity index (χ0n) is 13.2. The Morgan fingerprint density at radius 2 is 2.14 bits per heavy atom. The fraction of sp³-hybridized carbons (Fsp3) is 0.588. The Kier molecular flexibility index (Phi) is 5.62. The van der Waals surface area contributed by atoms with Crippen molar-refractivity contribution >= 4 is 11.6 Å². The Morgan fingerprint density at radius 1 is 1.38 bits per heavy atom. The summed E-state index contributed by atoms with van der Waals surface area (Å²) in [5.74, 6) is 0.190. The normalized spacial score (nSPS) is 21.2. The SMILES string of the molecule is CCN(CCCNC(=O)C1(C)CCNC1)c1ccccc1. The smallest absolute Gasteiger partial charge is 0.227 e. The molecule has 1 fully saturated rings. The molecule has 2 N–H and O–H groups in total. The molecule has 4 nitrogen and oxygen atoms in total. The number of hydrogen-bond donors (Lipinski definition) is 2. The van der Waals surface area contributed by atoms with Crippen molar-refractivity contribution in [2.75, 3.05) is 37.6 Å². The van der Waals surface area contributed by atoms with Crippen molar-refractivity contribution in [3.05, 3.63) is 30.3 Å². The minimum atomic E-state index is -0.218. The molecule has 0 bridgehead atoms. The molecule has 1 heterocycles. The maximum Gasteiger partial charge on any atom is 0.227 e. The van der Waals surface area contributed by atoms with E-state index in [-0.39, 0.29) is 11.3 Å². The Hall–Kier alpha value is -1.55. The molecule has 1 atom stereocenters. The second kappa shape index (κ2) is 7.46. The van der Waals surface area contributed by atoms with E-state index in [0.717, 1.165) is 45.6 Å². The van der Waals surface area contributed by atoms with Crippen molar-refractivity contribution in [3.8, 4) is 0 Å². The van der Waals surface area contributed by atoms with E-state index in [2.05, 4.69) is 46.7 Å². The van der Waals surface area contributed by atoms with Gasteiger partial charge in [-0.2, -0.15) is 0 Å². The van der Waals surface area contributed by atoms with Crippen LogP contribution in [0.15, 0.2) is 30.3 Å². The summed E-state index contributed by atoms with van der Waals surface area (Å²) in [5.41, 5.74) is 1.03. The molecule has 0 saturated carbocycles. The second-order valence-corrected chi connectivity index (χ2v) is 6.01. The zero-order chi connectivity index (χ0) is 15.1. The number of benzene rings is 1. The number of rotatable bonds is 7. The number of para-hydroxylation sites is 1. The van der Waals surface area contributed by atoms with Crippen molar-refractivity contribution in [3.63, 3.8) is 0 Å². The molecule has 0 aromatic heterocycles. The lowest BCUT2D eigenvalue weighted by Crippen LogP contribution is -2.41. The van der Waals surface area contributed by atoms with Gasteiger partial charge < -0.3 is 15.5 Å². The topological polar surface area (TPSA) is 44.4 Å². The molecule has 21 heavy (non-hydrogen) atoms. The first kappa shape index (κ1) is 15.8. The van der Waals surface area contributed by atoms with E-state index in [9.17, 15) is 4.79 Å². The number of carbonyl (C=O) groups excluding carboxylic acids is 1. The number of nitrogens with zero attached hydrogens (tertiary/aromatic N) is 1. The molecule has 0 spiro atoms. The highest BCUT2D eigenvalue weighted by molar-refractivity contribution is 5.82. The molecular weight excluding hydrogens is 262 g/mol. The van der Waals surface area contributed by atoms with Crippen LogP contribution in [-0.4, -0.2) is 38.6 Å². The molecule has 1 aliphatic rings. The van der Waals surface area contributed by atoms with E-state index in [1.807, 2.05) is 13.0 Å². The quantitative estimate of drug-likeness (QED) is 0.755. The van der Waals surface area contributed by atoms with E-state index in [1.165, 1.54) is 5.69 Å². The molecule has 1 aliphatic heterocycles. The predicted octanol–water partition coefficient (Wildman–Crippen LogP) is 2.02. The van der Waals surface area contributed by atoms with Crippen LogP contribution in [0.5, 0.6) is 0 Å². The van der Waals surface area contributed by atoms with Gasteiger partial charge >= 0.3 is 0 Å². The van der Waals surface area contributed by atoms with Crippen molar-refractivity contribution in [2.45, 2.75) is 26.7 Å². The van der Waals surface area contributed by atoms with Gasteiger partial charge in [0, 0.05) is 31.9 Å². The lowest BCUT2D eigenvalue weighted by Gasteiger charge is -2.24. The Balaban J connectivity index is 1.72. The van der Waals surface area contributed by atoms with Crippen LogP contribution in [0.25, 0.3) is 0 Å². The largest absolute Gasteiger partial charge is 0.372 e. The van der Waals surface area contributed by atoms with Crippen LogP contribution in [0, 0.1) is 5.41 Å². The molecular formula is C17H27N3O. The summed E-state index contributed by atoms with van der Waals surface area (Å²) < 4.78 is 0. The van der Waals surface area contributed by atoms with Crippen LogP contribution in [0.3, 0.4) is 0 Å². The summed E-state index contributed by atoms with van der Waals surface area (Å²) in [4.78, 5) is 14.5. The molecule has 116 valence electrons. The fourth-order valence-electron chi connectivity index (χ4n) is 2.80. The van der Waals surface area contributed by atoms with Crippen LogP contribution < -0.4 is 15.5 Å². The van der Waals surface area contributed by atoms with E-state index >= 15 is 0 Å². The van der Waals surface area contributed by atoms with Gasteiger partial charge in [0.15, 0.2) is 0 Å². The van der Waals surface area contributed by atoms with Crippen LogP contribution in [0.2, 0.25) is 0 Å². The van der Waals surface area contributed by atoms with E-state index < -0.39 is 0 Å². The molecule has 1 saturated heterocycles. The number of carbonyl (C=O) groups is 1. The Bertz CT molecular complexity index is 441. The Morgan fingerprint density at radius 3 is 2.76 bits per heavy atom. The highest BCUT2D eigenvalue weighted by Gasteiger charge is 2.35. The summed E-state index contributed by atoms with van der Waals surface area (Å²) in [6, 6.07) is 10.4. The lowest BCUT2D eigenvalue weighted by atomic mass is 9.89. The van der Waals surface area contributed by atoms with Gasteiger partial charge in [-0.3, -0.25) is 4.79 Å². The first-order valence-electron chi connectivity index (χ1n) is 7.95. The Labute approximate surface area is 127 Å². The molecule has 4 heteroatoms. The summed E-state index contributed by atoms with van der Waals surface area (Å²) >= 11 is 0. The molecule has 1 aromatic rings. The summed E-state index contributed by atoms with van der Waals surface area (Å²) in [7, 11) is 0. The van der Waals surface area contributed by atoms with Crippen LogP contribution >= 0.6 is 0 Å². The highest BCUT2D eigenvalue weighted by Crippen LogP contribution is 2.24. The van der Waals surface area contributed by atoms with E-state index in [1.54, 1.807) is 0 Å². The average molecular weight is 289 g/mol. The standard InChI is InChI=1S/C17H27N3O/c1-3-20(15-8-5-4-6-9-15)13-7-11-19-16(21)17(2)10-12-18-14-17/h4-6,8-9,18H,3,7,10-14H2,1-2H3,(H,19,21). The number of nitrogens with one attached hydrogen (secondary N) is 2. The summed E-state index contributed by atoms with van der Waals surface area (Å²) in [5, 5.41) is 6.35. The fourth-order valence-corrected chi connectivity index (χ4v) is 2.80. The van der Waals surface area contributed by atoms with E-state index in [4.69, 9.17) is 0 Å². The van der Waals surface area contributed by atoms with Crippen LogP contribution in [0.1, 0.15) is 26.7 Å². The number of amides is 1. The third-order valence-corrected chi connectivity index (χ3v) is 4.31. The van der Waals surface area contributed by atoms with Crippen molar-refractivity contribution in [2.24, 2.45) is 5.41 Å². The van der Waals surface area contributed by atoms with Gasteiger partial charge in [-0.15, -0.1) is 0 Å². The highest BCUT2D eigenvalue weighted by atomic mass is 16.2. The van der Waals surface area contributed by atoms with Gasteiger partial charge in [0.2, 0.25) is 5.91 Å². The zero-order valence-corrected chi connectivity index (χ0v) is 13.2. The van der Waals surface area contributed by atoms with Crippen molar-refractivity contribution in [1.29, 1.82) is 0 Å². The molecule has 1 unspecified atom stereocenters. The maximum atomic E-state index is 12.2. The monoisotopic (exact) mass is 289 g/mol. The molecule has 2 rings (SSSR count). The molecule has 0 aliphatic carbocycles.